The predicted molar refractivity (Wildman–Crippen MR) is 220 cm³/mol. The van der Waals surface area contributed by atoms with E-state index in [0.717, 1.165) is 18.4 Å². The third-order valence-electron chi connectivity index (χ3n) is 13.1. The lowest BCUT2D eigenvalue weighted by molar-refractivity contribution is -0.141. The number of rotatable bonds is 19. The Morgan fingerprint density at radius 1 is 1.14 bits per heavy atom. The minimum atomic E-state index is -0.967. The van der Waals surface area contributed by atoms with Crippen LogP contribution in [0.2, 0.25) is 0 Å². The number of amides is 4. The number of nitrogen functional groups attached to an aromatic ring is 1. The molecule has 5 rings (SSSR count). The van der Waals surface area contributed by atoms with Crippen molar-refractivity contribution >= 4 is 53.0 Å². The molecule has 1 saturated heterocycles. The molecule has 312 valence electrons. The molecule has 3 fully saturated rings. The Kier molecular flexibility index (Phi) is 13.5. The molecule has 2 heterocycles. The fraction of sp³-hybridized carbons (Fsp3) is 0.643. The number of carbonyl (C=O) groups is 5. The second kappa shape index (κ2) is 17.6. The maximum Gasteiger partial charge on any atom is 0.407 e. The zero-order valence-corrected chi connectivity index (χ0v) is 35.6. The van der Waals surface area contributed by atoms with Gasteiger partial charge < -0.3 is 31.1 Å². The van der Waals surface area contributed by atoms with Crippen molar-refractivity contribution in [2.24, 2.45) is 40.0 Å². The van der Waals surface area contributed by atoms with Crippen molar-refractivity contribution in [1.82, 2.24) is 25.4 Å². The fourth-order valence-corrected chi connectivity index (χ4v) is 10.4. The molecular formula is C42H61N7O7S. The topological polar surface area (TPSA) is 196 Å². The number of piperidine rings is 1. The molecule has 7 unspecified atom stereocenters. The molecule has 2 aliphatic carbocycles. The first-order chi connectivity index (χ1) is 26.9. The van der Waals surface area contributed by atoms with Crippen LogP contribution in [0, 0.1) is 35.0 Å². The van der Waals surface area contributed by atoms with E-state index in [-0.39, 0.29) is 53.6 Å². The molecule has 1 aromatic carbocycles. The summed E-state index contributed by atoms with van der Waals surface area (Å²) in [5.41, 5.74) is 6.91. The highest BCUT2D eigenvalue weighted by Crippen LogP contribution is 2.83. The largest absolute Gasteiger partial charge is 0.481 e. The molecule has 1 aliphatic heterocycles. The van der Waals surface area contributed by atoms with Crippen LogP contribution >= 0.6 is 11.3 Å². The first kappa shape index (κ1) is 43.7. The number of benzene rings is 1. The summed E-state index contributed by atoms with van der Waals surface area (Å²) >= 11 is 1.17. The quantitative estimate of drug-likeness (QED) is 0.0791. The normalized spacial score (nSPS) is 26.3. The molecule has 1 spiro atoms. The Bertz CT molecular complexity index is 1830. The number of anilines is 1. The van der Waals surface area contributed by atoms with Crippen LogP contribution in [-0.4, -0.2) is 100 Å². The standard InChI is InChI=1S/C42H61N7O7S/c1-10-24(5)30(21-45-39(54)41-17-16-34-42(41,26(41)7)49(34)9)37(51)48(8)32(23(3)4)20-33(56-40(55)44-11-2)36-47-31(22-57-36)35(50)46-29(18-25(6)38(52)53)19-27-12-14-28(43)15-13-27/h12-15,21-26,29-30,32-34H,10-11,16-20,43H2,1-9H3,(H,44,55)(H,46,50)(H,52,53)/t24-,25-,26?,29?,30?,32+,33+,34?,41?,42?,49?/m0/s1. The summed E-state index contributed by atoms with van der Waals surface area (Å²) in [6.07, 6.45) is 3.31. The van der Waals surface area contributed by atoms with Gasteiger partial charge in [0.25, 0.3) is 11.8 Å². The number of carboxylic acid groups (broad SMARTS) is 1. The van der Waals surface area contributed by atoms with Gasteiger partial charge >= 0.3 is 12.1 Å². The number of aliphatic carboxylic acids is 1. The van der Waals surface area contributed by atoms with Crippen molar-refractivity contribution in [1.29, 1.82) is 0 Å². The highest BCUT2D eigenvalue weighted by Gasteiger charge is 2.94. The fourth-order valence-electron chi connectivity index (χ4n) is 9.56. The van der Waals surface area contributed by atoms with Crippen LogP contribution in [0.15, 0.2) is 34.6 Å². The van der Waals surface area contributed by atoms with Crippen LogP contribution in [-0.2, 0) is 25.5 Å². The third kappa shape index (κ3) is 8.60. The first-order valence-electron chi connectivity index (χ1n) is 20.3. The van der Waals surface area contributed by atoms with Gasteiger partial charge in [-0.25, -0.2) is 14.8 Å². The van der Waals surface area contributed by atoms with Crippen LogP contribution in [0.25, 0.3) is 0 Å². The maximum absolute atomic E-state index is 14.4. The van der Waals surface area contributed by atoms with Crippen LogP contribution in [0.3, 0.4) is 0 Å². The smallest absolute Gasteiger partial charge is 0.407 e. The molecule has 2 aromatic rings. The highest BCUT2D eigenvalue weighted by molar-refractivity contribution is 7.09. The summed E-state index contributed by atoms with van der Waals surface area (Å²) in [7, 11) is 3.82. The van der Waals surface area contributed by atoms with Crippen molar-refractivity contribution in [2.75, 3.05) is 26.4 Å². The van der Waals surface area contributed by atoms with Gasteiger partial charge in [-0.15, -0.1) is 11.3 Å². The Labute approximate surface area is 340 Å². The third-order valence-corrected chi connectivity index (χ3v) is 14.1. The van der Waals surface area contributed by atoms with E-state index in [1.165, 1.54) is 11.3 Å². The molecule has 0 radical (unpaired) electrons. The Morgan fingerprint density at radius 2 is 1.82 bits per heavy atom. The number of carbonyl (C=O) groups excluding carboxylic acids is 4. The lowest BCUT2D eigenvalue weighted by atomic mass is 9.89. The maximum atomic E-state index is 14.4. The monoisotopic (exact) mass is 807 g/mol. The summed E-state index contributed by atoms with van der Waals surface area (Å²) in [6.45, 7) is 13.8. The van der Waals surface area contributed by atoms with Gasteiger partial charge in [0.05, 0.1) is 22.8 Å². The SMILES string of the molecule is CCNC(=O)O[C@H](C[C@H](C(C)C)N(C)C(=O)C(C=NC(=O)C12CCC3N(C)C31C2C)[C@@H](C)CC)c1nc(C(=O)NC(Cc2ccc(N)cc2)C[C@H](C)C(=O)O)cs1. The molecule has 14 nitrogen and oxygen atoms in total. The molecule has 2 saturated carbocycles. The number of carboxylic acids is 1. The van der Waals surface area contributed by atoms with Crippen LogP contribution < -0.4 is 16.4 Å². The van der Waals surface area contributed by atoms with Crippen LogP contribution in [0.5, 0.6) is 0 Å². The van der Waals surface area contributed by atoms with E-state index in [4.69, 9.17) is 10.5 Å². The molecule has 15 heteroatoms. The number of aliphatic imine (C=N–C) groups is 1. The van der Waals surface area contributed by atoms with E-state index in [1.807, 2.05) is 39.8 Å². The summed E-state index contributed by atoms with van der Waals surface area (Å²) in [4.78, 5) is 79.5. The van der Waals surface area contributed by atoms with Gasteiger partial charge in [-0.2, -0.15) is 0 Å². The van der Waals surface area contributed by atoms with Gasteiger partial charge in [0, 0.05) is 55.4 Å². The van der Waals surface area contributed by atoms with Crippen LogP contribution in [0.4, 0.5) is 10.5 Å². The number of aromatic nitrogens is 1. The molecule has 5 N–H and O–H groups in total. The second-order valence-corrected chi connectivity index (χ2v) is 17.7. The first-order valence-corrected chi connectivity index (χ1v) is 21.2. The molecule has 4 amide bonds. The van der Waals surface area contributed by atoms with Crippen molar-refractivity contribution in [3.05, 3.63) is 45.9 Å². The van der Waals surface area contributed by atoms with Crippen molar-refractivity contribution < 1.29 is 33.8 Å². The zero-order chi connectivity index (χ0) is 42.0. The number of thiazole rings is 1. The van der Waals surface area contributed by atoms with E-state index in [2.05, 4.69) is 39.5 Å². The second-order valence-electron chi connectivity index (χ2n) is 16.8. The van der Waals surface area contributed by atoms with Gasteiger partial charge in [0.1, 0.15) is 10.7 Å². The Balaban J connectivity index is 1.34. The molecule has 11 atom stereocenters. The Hall–Kier alpha value is -4.37. The number of alkyl carbamates (subject to hydrolysis) is 1. The summed E-state index contributed by atoms with van der Waals surface area (Å²) in [6, 6.07) is 6.70. The van der Waals surface area contributed by atoms with Crippen molar-refractivity contribution in [3.8, 4) is 0 Å². The minimum absolute atomic E-state index is 0.0650. The van der Waals surface area contributed by atoms with Crippen molar-refractivity contribution in [2.45, 2.75) is 117 Å². The minimum Gasteiger partial charge on any atom is -0.481 e. The highest BCUT2D eigenvalue weighted by atomic mass is 32.1. The molecule has 3 aliphatic rings. The summed E-state index contributed by atoms with van der Waals surface area (Å²) < 4.78 is 5.92. The predicted octanol–water partition coefficient (Wildman–Crippen LogP) is 5.58. The summed E-state index contributed by atoms with van der Waals surface area (Å²) in [5, 5.41) is 17.2. The Morgan fingerprint density at radius 3 is 2.40 bits per heavy atom. The number of hydrogen-bond acceptors (Lipinski definition) is 10. The molecule has 0 bridgehead atoms. The van der Waals surface area contributed by atoms with Gasteiger partial charge in [-0.05, 0) is 75.1 Å². The molecular weight excluding hydrogens is 747 g/mol. The number of nitrogens with zero attached hydrogens (tertiary/aromatic N) is 4. The van der Waals surface area contributed by atoms with E-state index in [1.54, 1.807) is 49.5 Å². The van der Waals surface area contributed by atoms with Crippen molar-refractivity contribution in [3.63, 3.8) is 0 Å². The van der Waals surface area contributed by atoms with Gasteiger partial charge in [0.2, 0.25) is 5.91 Å². The molecule has 57 heavy (non-hydrogen) atoms. The van der Waals surface area contributed by atoms with Crippen LogP contribution in [0.1, 0.15) is 108 Å². The lowest BCUT2D eigenvalue weighted by Crippen LogP contribution is -2.46. The molecule has 1 aromatic heterocycles. The lowest BCUT2D eigenvalue weighted by Gasteiger charge is -2.36. The van der Waals surface area contributed by atoms with Gasteiger partial charge in [0.15, 0.2) is 6.10 Å². The van der Waals surface area contributed by atoms with E-state index in [9.17, 15) is 29.1 Å². The van der Waals surface area contributed by atoms with E-state index >= 15 is 0 Å². The average Bonchev–Trinajstić information content (AvgIpc) is 3.66. The summed E-state index contributed by atoms with van der Waals surface area (Å²) in [5.74, 6) is -3.02. The number of likely N-dealkylation sites (tertiary alicyclic amines) is 1. The number of likely N-dealkylation sites (N-methyl/N-ethyl adjacent to an activating group) is 1. The van der Waals surface area contributed by atoms with Gasteiger partial charge in [-0.3, -0.25) is 24.1 Å². The number of nitrogens with two attached hydrogens (primary N) is 1. The van der Waals surface area contributed by atoms with E-state index in [0.29, 0.717) is 36.1 Å². The number of nitrogens with one attached hydrogen (secondary N) is 2. The van der Waals surface area contributed by atoms with E-state index < -0.39 is 53.4 Å². The number of hydrogen-bond donors (Lipinski definition) is 4. The average molecular weight is 808 g/mol. The van der Waals surface area contributed by atoms with Gasteiger partial charge in [-0.1, -0.05) is 60.1 Å². The zero-order valence-electron chi connectivity index (χ0n) is 34.8. The number of ether oxygens (including phenoxy) is 1.